The number of hydrogen-bond donors (Lipinski definition) is 2. The third-order valence-electron chi connectivity index (χ3n) is 3.66. The minimum Gasteiger partial charge on any atom is -0.339 e. The molecule has 2 aromatic rings. The molecule has 0 atom stereocenters. The van der Waals surface area contributed by atoms with Crippen LogP contribution in [0.15, 0.2) is 16.2 Å². The van der Waals surface area contributed by atoms with Crippen LogP contribution in [-0.4, -0.2) is 65.4 Å². The fourth-order valence-electron chi connectivity index (χ4n) is 2.55. The van der Waals surface area contributed by atoms with Gasteiger partial charge in [0.25, 0.3) is 5.56 Å². The summed E-state index contributed by atoms with van der Waals surface area (Å²) in [4.78, 5) is 35.1. The van der Waals surface area contributed by atoms with E-state index in [0.29, 0.717) is 29.1 Å². The number of nitrogens with zero attached hydrogens (tertiary/aromatic N) is 3. The van der Waals surface area contributed by atoms with Gasteiger partial charge in [0.2, 0.25) is 5.91 Å². The highest BCUT2D eigenvalue weighted by atomic mass is 35.5. The molecule has 0 radical (unpaired) electrons. The van der Waals surface area contributed by atoms with Crippen LogP contribution in [0.2, 0.25) is 0 Å². The molecule has 3 rings (SSSR count). The van der Waals surface area contributed by atoms with Gasteiger partial charge in [0.1, 0.15) is 10.5 Å². The number of rotatable bonds is 4. The molecule has 0 bridgehead atoms. The Morgan fingerprint density at radius 1 is 1.43 bits per heavy atom. The Balaban J connectivity index is 0.00000192. The zero-order chi connectivity index (χ0) is 15.5. The first-order valence-electron chi connectivity index (χ1n) is 7.27. The second kappa shape index (κ2) is 7.87. The molecule has 0 aliphatic carbocycles. The lowest BCUT2D eigenvalue weighted by molar-refractivity contribution is -0.132. The zero-order valence-corrected chi connectivity index (χ0v) is 14.5. The molecule has 0 saturated carbocycles. The fourth-order valence-corrected chi connectivity index (χ4v) is 3.28. The van der Waals surface area contributed by atoms with E-state index in [2.05, 4.69) is 15.3 Å². The first-order chi connectivity index (χ1) is 10.6. The Kier molecular flexibility index (Phi) is 6.11. The predicted molar refractivity (Wildman–Crippen MR) is 93.3 cm³/mol. The second-order valence-electron chi connectivity index (χ2n) is 5.45. The van der Waals surface area contributed by atoms with E-state index >= 15 is 0 Å². The number of likely N-dealkylation sites (N-methyl/N-ethyl adjacent to an activating group) is 1. The number of amides is 1. The van der Waals surface area contributed by atoms with E-state index in [0.717, 1.165) is 26.2 Å². The van der Waals surface area contributed by atoms with Gasteiger partial charge in [0, 0.05) is 26.2 Å². The molecular weight excluding hydrogens is 338 g/mol. The average Bonchev–Trinajstić information content (AvgIpc) is 2.97. The molecule has 9 heteroatoms. The number of hydrogen-bond acceptors (Lipinski definition) is 6. The van der Waals surface area contributed by atoms with E-state index in [1.165, 1.54) is 11.3 Å². The summed E-state index contributed by atoms with van der Waals surface area (Å²) in [6.45, 7) is 3.97. The molecule has 0 spiro atoms. The maximum Gasteiger partial charge on any atom is 0.268 e. The molecule has 126 valence electrons. The van der Waals surface area contributed by atoms with E-state index in [1.54, 1.807) is 0 Å². The standard InChI is InChI=1S/C14H19N5O2S.ClH/c1-18(9-12(20)19-5-3-15-4-6-19)8-11-16-10-2-7-22-13(10)14(21)17-11;/h2,7,15H,3-6,8-9H2,1H3,(H,16,17,21);1H. The van der Waals surface area contributed by atoms with Crippen LogP contribution in [0, 0.1) is 0 Å². The number of aromatic nitrogens is 2. The van der Waals surface area contributed by atoms with Gasteiger partial charge >= 0.3 is 0 Å². The van der Waals surface area contributed by atoms with Crippen molar-refractivity contribution in [3.8, 4) is 0 Å². The number of thiophene rings is 1. The lowest BCUT2D eigenvalue weighted by Gasteiger charge is -2.29. The second-order valence-corrected chi connectivity index (χ2v) is 6.37. The highest BCUT2D eigenvalue weighted by Gasteiger charge is 2.18. The van der Waals surface area contributed by atoms with Crippen molar-refractivity contribution in [2.75, 3.05) is 39.8 Å². The summed E-state index contributed by atoms with van der Waals surface area (Å²) in [7, 11) is 1.86. The number of halogens is 1. The first kappa shape index (κ1) is 17.9. The van der Waals surface area contributed by atoms with Gasteiger partial charge in [-0.2, -0.15) is 0 Å². The van der Waals surface area contributed by atoms with Gasteiger partial charge in [0.15, 0.2) is 0 Å². The van der Waals surface area contributed by atoms with Crippen molar-refractivity contribution in [3.05, 3.63) is 27.6 Å². The van der Waals surface area contributed by atoms with Gasteiger partial charge in [-0.3, -0.25) is 14.5 Å². The number of aromatic amines is 1. The molecule has 1 saturated heterocycles. The summed E-state index contributed by atoms with van der Waals surface area (Å²) < 4.78 is 0.642. The molecule has 1 aliphatic heterocycles. The van der Waals surface area contributed by atoms with Crippen molar-refractivity contribution < 1.29 is 4.79 Å². The van der Waals surface area contributed by atoms with Crippen LogP contribution >= 0.6 is 23.7 Å². The Labute approximate surface area is 144 Å². The Bertz CT molecular complexity index is 725. The average molecular weight is 358 g/mol. The summed E-state index contributed by atoms with van der Waals surface area (Å²) in [5.74, 6) is 0.703. The summed E-state index contributed by atoms with van der Waals surface area (Å²) in [6.07, 6.45) is 0. The lowest BCUT2D eigenvalue weighted by Crippen LogP contribution is -2.49. The van der Waals surface area contributed by atoms with Gasteiger partial charge < -0.3 is 15.2 Å². The van der Waals surface area contributed by atoms with Crippen LogP contribution < -0.4 is 10.9 Å². The van der Waals surface area contributed by atoms with Gasteiger partial charge in [-0.25, -0.2) is 4.98 Å². The van der Waals surface area contributed by atoms with Crippen molar-refractivity contribution in [2.45, 2.75) is 6.54 Å². The summed E-state index contributed by atoms with van der Waals surface area (Å²) in [6, 6.07) is 1.84. The number of fused-ring (bicyclic) bond motifs is 1. The number of piperazine rings is 1. The van der Waals surface area contributed by atoms with Crippen LogP contribution in [0.1, 0.15) is 5.82 Å². The van der Waals surface area contributed by atoms with E-state index in [4.69, 9.17) is 0 Å². The summed E-state index contributed by atoms with van der Waals surface area (Å²) in [5, 5.41) is 5.08. The number of carbonyl (C=O) groups is 1. The largest absolute Gasteiger partial charge is 0.339 e. The zero-order valence-electron chi connectivity index (χ0n) is 12.9. The predicted octanol–water partition coefficient (Wildman–Crippen LogP) is 0.270. The Hall–Kier alpha value is -1.48. The molecule has 1 fully saturated rings. The Morgan fingerprint density at radius 2 is 2.17 bits per heavy atom. The Morgan fingerprint density at radius 3 is 2.91 bits per heavy atom. The van der Waals surface area contributed by atoms with E-state index in [-0.39, 0.29) is 23.9 Å². The molecule has 2 N–H and O–H groups in total. The summed E-state index contributed by atoms with van der Waals surface area (Å²) in [5.41, 5.74) is 0.599. The number of nitrogens with one attached hydrogen (secondary N) is 2. The van der Waals surface area contributed by atoms with Crippen molar-refractivity contribution in [2.24, 2.45) is 0 Å². The van der Waals surface area contributed by atoms with Crippen molar-refractivity contribution in [1.29, 1.82) is 0 Å². The minimum absolute atomic E-state index is 0. The van der Waals surface area contributed by atoms with Gasteiger partial charge in [-0.1, -0.05) is 0 Å². The maximum atomic E-state index is 12.2. The molecule has 1 aliphatic rings. The first-order valence-corrected chi connectivity index (χ1v) is 8.15. The lowest BCUT2D eigenvalue weighted by atomic mass is 10.3. The van der Waals surface area contributed by atoms with Crippen LogP contribution in [0.4, 0.5) is 0 Å². The van der Waals surface area contributed by atoms with E-state index in [1.807, 2.05) is 28.3 Å². The van der Waals surface area contributed by atoms with Crippen LogP contribution in [-0.2, 0) is 11.3 Å². The maximum absolute atomic E-state index is 12.2. The third-order valence-corrected chi connectivity index (χ3v) is 4.56. The SMILES string of the molecule is CN(CC(=O)N1CCNCC1)Cc1nc2ccsc2c(=O)[nH]1.Cl. The third kappa shape index (κ3) is 4.29. The van der Waals surface area contributed by atoms with Crippen LogP contribution in [0.25, 0.3) is 10.2 Å². The van der Waals surface area contributed by atoms with E-state index < -0.39 is 0 Å². The fraction of sp³-hybridized carbons (Fsp3) is 0.500. The quantitative estimate of drug-likeness (QED) is 0.821. The summed E-state index contributed by atoms with van der Waals surface area (Å²) >= 11 is 1.38. The molecule has 2 aromatic heterocycles. The minimum atomic E-state index is -0.114. The number of carbonyl (C=O) groups excluding carboxylic acids is 1. The molecule has 0 unspecified atom stereocenters. The van der Waals surface area contributed by atoms with Gasteiger partial charge in [-0.15, -0.1) is 23.7 Å². The molecular formula is C14H20ClN5O2S. The molecule has 0 aromatic carbocycles. The van der Waals surface area contributed by atoms with Crippen LogP contribution in [0.3, 0.4) is 0 Å². The molecule has 7 nitrogen and oxygen atoms in total. The van der Waals surface area contributed by atoms with Crippen LogP contribution in [0.5, 0.6) is 0 Å². The van der Waals surface area contributed by atoms with Crippen molar-refractivity contribution in [3.63, 3.8) is 0 Å². The highest BCUT2D eigenvalue weighted by Crippen LogP contribution is 2.14. The normalized spacial score (nSPS) is 15.0. The molecule has 1 amide bonds. The monoisotopic (exact) mass is 357 g/mol. The van der Waals surface area contributed by atoms with E-state index in [9.17, 15) is 9.59 Å². The van der Waals surface area contributed by atoms with Crippen molar-refractivity contribution in [1.82, 2.24) is 25.1 Å². The number of H-pyrrole nitrogens is 1. The topological polar surface area (TPSA) is 81.3 Å². The highest BCUT2D eigenvalue weighted by molar-refractivity contribution is 7.17. The molecule has 23 heavy (non-hydrogen) atoms. The van der Waals surface area contributed by atoms with Gasteiger partial charge in [0.05, 0.1) is 18.6 Å². The van der Waals surface area contributed by atoms with Crippen molar-refractivity contribution >= 4 is 39.9 Å². The molecule has 3 heterocycles. The van der Waals surface area contributed by atoms with Gasteiger partial charge in [-0.05, 0) is 18.5 Å². The smallest absolute Gasteiger partial charge is 0.268 e.